The topological polar surface area (TPSA) is 64.3 Å². The minimum Gasteiger partial charge on any atom is -0.380 e. The summed E-state index contributed by atoms with van der Waals surface area (Å²) in [4.78, 5) is 12.2. The van der Waals surface area contributed by atoms with Crippen molar-refractivity contribution in [2.45, 2.75) is 38.3 Å². The van der Waals surface area contributed by atoms with E-state index in [4.69, 9.17) is 10.5 Å². The quantitative estimate of drug-likeness (QED) is 0.875. The molecule has 4 nitrogen and oxygen atoms in total. The molecule has 0 saturated heterocycles. The molecule has 0 spiro atoms. The summed E-state index contributed by atoms with van der Waals surface area (Å²) in [6.45, 7) is 0.554. The predicted molar refractivity (Wildman–Crippen MR) is 75.7 cm³/mol. The van der Waals surface area contributed by atoms with Crippen LogP contribution in [-0.2, 0) is 16.1 Å². The molecule has 1 fully saturated rings. The first kappa shape index (κ1) is 14.0. The summed E-state index contributed by atoms with van der Waals surface area (Å²) in [5.41, 5.74) is 7.81. The smallest absolute Gasteiger partial charge is 0.227 e. The van der Waals surface area contributed by atoms with Crippen molar-refractivity contribution < 1.29 is 9.53 Å². The van der Waals surface area contributed by atoms with Gasteiger partial charge in [0.2, 0.25) is 5.91 Å². The third-order valence-corrected chi connectivity index (χ3v) is 3.59. The van der Waals surface area contributed by atoms with Gasteiger partial charge in [0.05, 0.1) is 6.61 Å². The maximum absolute atomic E-state index is 12.2. The standard InChI is InChI=1S/C15H22N2O2/c1-19-10-11-4-2-7-14(8-11)17-15(18)12-5-3-6-13(16)9-12/h2,4,7-8,12-13H,3,5-6,9-10,16H2,1H3,(H,17,18). The van der Waals surface area contributed by atoms with Crippen LogP contribution >= 0.6 is 0 Å². The number of nitrogens with one attached hydrogen (secondary N) is 1. The lowest BCUT2D eigenvalue weighted by atomic mass is 9.85. The van der Waals surface area contributed by atoms with Crippen LogP contribution in [0.25, 0.3) is 0 Å². The van der Waals surface area contributed by atoms with Gasteiger partial charge in [-0.15, -0.1) is 0 Å². The lowest BCUT2D eigenvalue weighted by molar-refractivity contribution is -0.120. The number of hydrogen-bond donors (Lipinski definition) is 2. The second-order valence-corrected chi connectivity index (χ2v) is 5.25. The highest BCUT2D eigenvalue weighted by atomic mass is 16.5. The minimum absolute atomic E-state index is 0.0508. The van der Waals surface area contributed by atoms with Crippen LogP contribution in [0.3, 0.4) is 0 Å². The van der Waals surface area contributed by atoms with Crippen LogP contribution in [0.2, 0.25) is 0 Å². The van der Waals surface area contributed by atoms with Gasteiger partial charge in [-0.25, -0.2) is 0 Å². The van der Waals surface area contributed by atoms with E-state index in [0.717, 1.165) is 36.9 Å². The molecule has 2 rings (SSSR count). The molecule has 19 heavy (non-hydrogen) atoms. The molecule has 1 aromatic carbocycles. The highest BCUT2D eigenvalue weighted by Crippen LogP contribution is 2.24. The van der Waals surface area contributed by atoms with E-state index in [2.05, 4.69) is 5.32 Å². The van der Waals surface area contributed by atoms with Crippen LogP contribution in [0.5, 0.6) is 0 Å². The molecule has 1 amide bonds. The predicted octanol–water partition coefficient (Wildman–Crippen LogP) is 2.29. The van der Waals surface area contributed by atoms with E-state index in [1.54, 1.807) is 7.11 Å². The molecule has 4 heteroatoms. The first-order chi connectivity index (χ1) is 9.19. The average Bonchev–Trinajstić information content (AvgIpc) is 2.39. The number of amides is 1. The monoisotopic (exact) mass is 262 g/mol. The van der Waals surface area contributed by atoms with Gasteiger partial charge < -0.3 is 15.8 Å². The summed E-state index contributed by atoms with van der Waals surface area (Å²) in [6.07, 6.45) is 3.82. The maximum Gasteiger partial charge on any atom is 0.227 e. The Balaban J connectivity index is 1.96. The van der Waals surface area contributed by atoms with Crippen LogP contribution in [0.15, 0.2) is 24.3 Å². The second-order valence-electron chi connectivity index (χ2n) is 5.25. The number of carbonyl (C=O) groups excluding carboxylic acids is 1. The molecule has 3 N–H and O–H groups in total. The molecule has 1 aliphatic carbocycles. The van der Waals surface area contributed by atoms with Gasteiger partial charge in [-0.1, -0.05) is 18.6 Å². The van der Waals surface area contributed by atoms with E-state index in [1.807, 2.05) is 24.3 Å². The SMILES string of the molecule is COCc1cccc(NC(=O)C2CCCC(N)C2)c1. The number of rotatable bonds is 4. The van der Waals surface area contributed by atoms with Crippen molar-refractivity contribution in [1.29, 1.82) is 0 Å². The van der Waals surface area contributed by atoms with Gasteiger partial charge in [-0.2, -0.15) is 0 Å². The van der Waals surface area contributed by atoms with Gasteiger partial charge in [-0.05, 0) is 37.0 Å². The molecule has 0 heterocycles. The lowest BCUT2D eigenvalue weighted by Crippen LogP contribution is -2.34. The average molecular weight is 262 g/mol. The summed E-state index contributed by atoms with van der Waals surface area (Å²) in [5.74, 6) is 0.138. The molecule has 1 aromatic rings. The molecule has 0 aliphatic heterocycles. The Morgan fingerprint density at radius 1 is 1.47 bits per heavy atom. The van der Waals surface area contributed by atoms with Crippen LogP contribution in [0.4, 0.5) is 5.69 Å². The lowest BCUT2D eigenvalue weighted by Gasteiger charge is -2.25. The van der Waals surface area contributed by atoms with Crippen LogP contribution in [0, 0.1) is 5.92 Å². The molecule has 0 radical (unpaired) electrons. The number of carbonyl (C=O) groups is 1. The normalized spacial score (nSPS) is 23.1. The Morgan fingerprint density at radius 2 is 2.32 bits per heavy atom. The summed E-state index contributed by atoms with van der Waals surface area (Å²) in [7, 11) is 1.66. The van der Waals surface area contributed by atoms with Gasteiger partial charge in [-0.3, -0.25) is 4.79 Å². The molecule has 2 atom stereocenters. The zero-order chi connectivity index (χ0) is 13.7. The van der Waals surface area contributed by atoms with E-state index in [-0.39, 0.29) is 17.9 Å². The Bertz CT molecular complexity index is 434. The summed E-state index contributed by atoms with van der Waals surface area (Å²) in [5, 5.41) is 2.98. The fourth-order valence-corrected chi connectivity index (χ4v) is 2.62. The van der Waals surface area contributed by atoms with Gasteiger partial charge in [0.25, 0.3) is 0 Å². The zero-order valence-electron chi connectivity index (χ0n) is 11.4. The van der Waals surface area contributed by atoms with Crippen molar-refractivity contribution in [2.75, 3.05) is 12.4 Å². The number of nitrogens with two attached hydrogens (primary N) is 1. The number of methoxy groups -OCH3 is 1. The molecular weight excluding hydrogens is 240 g/mol. The largest absolute Gasteiger partial charge is 0.380 e. The number of anilines is 1. The van der Waals surface area contributed by atoms with Gasteiger partial charge >= 0.3 is 0 Å². The number of ether oxygens (including phenoxy) is 1. The van der Waals surface area contributed by atoms with Crippen molar-refractivity contribution in [3.8, 4) is 0 Å². The number of hydrogen-bond acceptors (Lipinski definition) is 3. The summed E-state index contributed by atoms with van der Waals surface area (Å²) < 4.78 is 5.09. The van der Waals surface area contributed by atoms with Crippen molar-refractivity contribution >= 4 is 11.6 Å². The molecule has 2 unspecified atom stereocenters. The van der Waals surface area contributed by atoms with Crippen molar-refractivity contribution in [3.63, 3.8) is 0 Å². The van der Waals surface area contributed by atoms with E-state index in [0.29, 0.717) is 6.61 Å². The Morgan fingerprint density at radius 3 is 3.05 bits per heavy atom. The molecular formula is C15H22N2O2. The Labute approximate surface area is 114 Å². The van der Waals surface area contributed by atoms with Crippen molar-refractivity contribution in [2.24, 2.45) is 11.7 Å². The van der Waals surface area contributed by atoms with Gasteiger partial charge in [0.1, 0.15) is 0 Å². The Kier molecular flexibility index (Phi) is 4.93. The molecule has 1 aliphatic rings. The summed E-state index contributed by atoms with van der Waals surface area (Å²) >= 11 is 0. The maximum atomic E-state index is 12.2. The first-order valence-electron chi connectivity index (χ1n) is 6.83. The van der Waals surface area contributed by atoms with Crippen LogP contribution < -0.4 is 11.1 Å². The highest BCUT2D eigenvalue weighted by Gasteiger charge is 2.25. The fourth-order valence-electron chi connectivity index (χ4n) is 2.62. The first-order valence-corrected chi connectivity index (χ1v) is 6.83. The van der Waals surface area contributed by atoms with E-state index in [9.17, 15) is 4.79 Å². The minimum atomic E-state index is 0.0508. The summed E-state index contributed by atoms with van der Waals surface area (Å²) in [6, 6.07) is 7.93. The molecule has 1 saturated carbocycles. The molecule has 0 bridgehead atoms. The fraction of sp³-hybridized carbons (Fsp3) is 0.533. The van der Waals surface area contributed by atoms with Crippen molar-refractivity contribution in [1.82, 2.24) is 0 Å². The van der Waals surface area contributed by atoms with Crippen molar-refractivity contribution in [3.05, 3.63) is 29.8 Å². The highest BCUT2D eigenvalue weighted by molar-refractivity contribution is 5.92. The van der Waals surface area contributed by atoms with Crippen LogP contribution in [0.1, 0.15) is 31.2 Å². The molecule has 0 aromatic heterocycles. The van der Waals surface area contributed by atoms with Crippen LogP contribution in [-0.4, -0.2) is 19.1 Å². The molecule has 104 valence electrons. The third-order valence-electron chi connectivity index (χ3n) is 3.59. The number of benzene rings is 1. The van der Waals surface area contributed by atoms with E-state index < -0.39 is 0 Å². The van der Waals surface area contributed by atoms with E-state index >= 15 is 0 Å². The second kappa shape index (κ2) is 6.68. The van der Waals surface area contributed by atoms with Gasteiger partial charge in [0.15, 0.2) is 0 Å². The zero-order valence-corrected chi connectivity index (χ0v) is 11.4. The van der Waals surface area contributed by atoms with Gasteiger partial charge in [0, 0.05) is 24.8 Å². The third kappa shape index (κ3) is 4.04. The Hall–Kier alpha value is -1.39. The van der Waals surface area contributed by atoms with E-state index in [1.165, 1.54) is 0 Å².